The Morgan fingerprint density at radius 2 is 1.71 bits per heavy atom. The first-order valence-electron chi connectivity index (χ1n) is 6.64. The largest absolute Gasteiger partial charge is 0.464 e. The lowest BCUT2D eigenvalue weighted by Gasteiger charge is -2.04. The van der Waals surface area contributed by atoms with Crippen molar-refractivity contribution in [3.8, 4) is 0 Å². The fourth-order valence-corrected chi connectivity index (χ4v) is 2.34. The Kier molecular flexibility index (Phi) is 3.66. The molecule has 0 bridgehead atoms. The van der Waals surface area contributed by atoms with Crippen LogP contribution in [0.2, 0.25) is 0 Å². The average molecular weight is 282 g/mol. The maximum absolute atomic E-state index is 11.0. The summed E-state index contributed by atoms with van der Waals surface area (Å²) in [5.41, 5.74) is 2.71. The number of rotatable bonds is 5. The Morgan fingerprint density at radius 1 is 1.00 bits per heavy atom. The standard InChI is InChI=1S/C16H14N2O3/c19-18(20)15-7-3-1-5-12(15)9-17-10-13-11-21-16-8-4-2-6-14(13)16/h1-8,11,17H,9-10H2. The van der Waals surface area contributed by atoms with Crippen molar-refractivity contribution in [2.45, 2.75) is 13.1 Å². The van der Waals surface area contributed by atoms with E-state index in [1.165, 1.54) is 6.07 Å². The van der Waals surface area contributed by atoms with Gasteiger partial charge in [0.25, 0.3) is 5.69 Å². The second-order valence-electron chi connectivity index (χ2n) is 4.75. The lowest BCUT2D eigenvalue weighted by atomic mass is 10.1. The van der Waals surface area contributed by atoms with Gasteiger partial charge >= 0.3 is 0 Å². The molecule has 0 atom stereocenters. The summed E-state index contributed by atoms with van der Waals surface area (Å²) in [5.74, 6) is 0. The van der Waals surface area contributed by atoms with Crippen molar-refractivity contribution in [3.05, 3.63) is 76.0 Å². The SMILES string of the molecule is O=[N+]([O-])c1ccccc1CNCc1coc2ccccc12. The van der Waals surface area contributed by atoms with Gasteiger partial charge in [0.15, 0.2) is 0 Å². The highest BCUT2D eigenvalue weighted by atomic mass is 16.6. The molecule has 21 heavy (non-hydrogen) atoms. The van der Waals surface area contributed by atoms with E-state index in [0.29, 0.717) is 18.7 Å². The topological polar surface area (TPSA) is 68.3 Å². The van der Waals surface area contributed by atoms with E-state index in [0.717, 1.165) is 16.5 Å². The van der Waals surface area contributed by atoms with Gasteiger partial charge in [-0.2, -0.15) is 0 Å². The first-order chi connectivity index (χ1) is 10.3. The normalized spacial score (nSPS) is 10.9. The summed E-state index contributed by atoms with van der Waals surface area (Å²) in [6.07, 6.45) is 1.72. The van der Waals surface area contributed by atoms with E-state index in [2.05, 4.69) is 5.32 Å². The summed E-state index contributed by atoms with van der Waals surface area (Å²) in [5, 5.41) is 15.2. The Hall–Kier alpha value is -2.66. The van der Waals surface area contributed by atoms with Crippen LogP contribution >= 0.6 is 0 Å². The van der Waals surface area contributed by atoms with Crippen molar-refractivity contribution >= 4 is 16.7 Å². The molecule has 1 heterocycles. The molecule has 1 N–H and O–H groups in total. The van der Waals surface area contributed by atoms with Crippen molar-refractivity contribution in [1.29, 1.82) is 0 Å². The molecule has 0 saturated heterocycles. The summed E-state index contributed by atoms with van der Waals surface area (Å²) in [7, 11) is 0. The first kappa shape index (κ1) is 13.3. The van der Waals surface area contributed by atoms with Crippen LogP contribution in [0, 0.1) is 10.1 Å². The highest BCUT2D eigenvalue weighted by Crippen LogP contribution is 2.21. The van der Waals surface area contributed by atoms with Crippen LogP contribution in [0.5, 0.6) is 0 Å². The molecule has 0 unspecified atom stereocenters. The lowest BCUT2D eigenvalue weighted by molar-refractivity contribution is -0.385. The van der Waals surface area contributed by atoms with E-state index < -0.39 is 0 Å². The quantitative estimate of drug-likeness (QED) is 0.573. The maximum Gasteiger partial charge on any atom is 0.273 e. The fraction of sp³-hybridized carbons (Fsp3) is 0.125. The van der Waals surface area contributed by atoms with E-state index in [1.54, 1.807) is 24.5 Å². The number of furan rings is 1. The van der Waals surface area contributed by atoms with E-state index >= 15 is 0 Å². The molecule has 0 amide bonds. The van der Waals surface area contributed by atoms with Gasteiger partial charge in [0.05, 0.1) is 11.2 Å². The first-order valence-corrected chi connectivity index (χ1v) is 6.64. The maximum atomic E-state index is 11.0. The third-order valence-corrected chi connectivity index (χ3v) is 3.38. The molecule has 0 spiro atoms. The van der Waals surface area contributed by atoms with Gasteiger partial charge in [0.1, 0.15) is 5.58 Å². The molecule has 0 aliphatic carbocycles. The zero-order valence-electron chi connectivity index (χ0n) is 11.3. The molecular weight excluding hydrogens is 268 g/mol. The van der Waals surface area contributed by atoms with Crippen molar-refractivity contribution in [1.82, 2.24) is 5.32 Å². The summed E-state index contributed by atoms with van der Waals surface area (Å²) in [6, 6.07) is 14.6. The van der Waals surface area contributed by atoms with Crippen molar-refractivity contribution in [2.24, 2.45) is 0 Å². The molecule has 106 valence electrons. The fourth-order valence-electron chi connectivity index (χ4n) is 2.34. The van der Waals surface area contributed by atoms with E-state index in [9.17, 15) is 10.1 Å². The third-order valence-electron chi connectivity index (χ3n) is 3.38. The number of fused-ring (bicyclic) bond motifs is 1. The Morgan fingerprint density at radius 3 is 2.57 bits per heavy atom. The number of benzene rings is 2. The zero-order valence-corrected chi connectivity index (χ0v) is 11.3. The molecule has 5 nitrogen and oxygen atoms in total. The number of nitro groups is 1. The molecule has 5 heteroatoms. The third kappa shape index (κ3) is 2.78. The van der Waals surface area contributed by atoms with E-state index in [1.807, 2.05) is 24.3 Å². The highest BCUT2D eigenvalue weighted by molar-refractivity contribution is 5.80. The highest BCUT2D eigenvalue weighted by Gasteiger charge is 2.12. The molecule has 0 aliphatic rings. The van der Waals surface area contributed by atoms with E-state index in [4.69, 9.17) is 4.42 Å². The van der Waals surface area contributed by atoms with Gasteiger partial charge in [-0.25, -0.2) is 0 Å². The summed E-state index contributed by atoms with van der Waals surface area (Å²) in [6.45, 7) is 1.04. The van der Waals surface area contributed by atoms with Crippen LogP contribution in [0.1, 0.15) is 11.1 Å². The van der Waals surface area contributed by atoms with Gasteiger partial charge < -0.3 is 9.73 Å². The van der Waals surface area contributed by atoms with Crippen molar-refractivity contribution in [3.63, 3.8) is 0 Å². The predicted octanol–water partition coefficient (Wildman–Crippen LogP) is 3.63. The van der Waals surface area contributed by atoms with Gasteiger partial charge in [0, 0.05) is 35.7 Å². The van der Waals surface area contributed by atoms with Crippen LogP contribution in [0.15, 0.2) is 59.2 Å². The minimum atomic E-state index is -0.357. The zero-order chi connectivity index (χ0) is 14.7. The second kappa shape index (κ2) is 5.76. The Balaban J connectivity index is 1.71. The number of para-hydroxylation sites is 2. The minimum absolute atomic E-state index is 0.141. The van der Waals surface area contributed by atoms with Crippen molar-refractivity contribution < 1.29 is 9.34 Å². The van der Waals surface area contributed by atoms with Crippen molar-refractivity contribution in [2.75, 3.05) is 0 Å². The number of hydrogen-bond acceptors (Lipinski definition) is 4. The van der Waals surface area contributed by atoms with Crippen LogP contribution in [-0.4, -0.2) is 4.92 Å². The number of nitrogens with one attached hydrogen (secondary N) is 1. The smallest absolute Gasteiger partial charge is 0.273 e. The van der Waals surface area contributed by atoms with Crippen LogP contribution in [0.3, 0.4) is 0 Å². The molecule has 0 saturated carbocycles. The summed E-state index contributed by atoms with van der Waals surface area (Å²) in [4.78, 5) is 10.6. The monoisotopic (exact) mass is 282 g/mol. The van der Waals surface area contributed by atoms with E-state index in [-0.39, 0.29) is 10.6 Å². The molecule has 0 aliphatic heterocycles. The number of nitro benzene ring substituents is 1. The van der Waals surface area contributed by atoms with Gasteiger partial charge in [-0.05, 0) is 6.07 Å². The van der Waals surface area contributed by atoms with Crippen LogP contribution < -0.4 is 5.32 Å². The molecule has 0 radical (unpaired) electrons. The molecule has 2 aromatic carbocycles. The Labute approximate surface area is 121 Å². The van der Waals surface area contributed by atoms with Gasteiger partial charge in [-0.1, -0.05) is 36.4 Å². The molecule has 0 fully saturated rings. The van der Waals surface area contributed by atoms with Gasteiger partial charge in [0.2, 0.25) is 0 Å². The number of hydrogen-bond donors (Lipinski definition) is 1. The van der Waals surface area contributed by atoms with Gasteiger partial charge in [-0.3, -0.25) is 10.1 Å². The lowest BCUT2D eigenvalue weighted by Crippen LogP contribution is -2.13. The van der Waals surface area contributed by atoms with Crippen LogP contribution in [0.4, 0.5) is 5.69 Å². The Bertz CT molecular complexity index is 780. The van der Waals surface area contributed by atoms with Crippen LogP contribution in [-0.2, 0) is 13.1 Å². The molecular formula is C16H14N2O3. The second-order valence-corrected chi connectivity index (χ2v) is 4.75. The predicted molar refractivity (Wildman–Crippen MR) is 79.9 cm³/mol. The minimum Gasteiger partial charge on any atom is -0.464 e. The number of nitrogens with zero attached hydrogens (tertiary/aromatic N) is 1. The van der Waals surface area contributed by atoms with Gasteiger partial charge in [-0.15, -0.1) is 0 Å². The summed E-state index contributed by atoms with van der Waals surface area (Å²) < 4.78 is 5.47. The average Bonchev–Trinajstić information content (AvgIpc) is 2.91. The summed E-state index contributed by atoms with van der Waals surface area (Å²) >= 11 is 0. The molecule has 1 aromatic heterocycles. The molecule has 3 rings (SSSR count). The van der Waals surface area contributed by atoms with Crippen LogP contribution in [0.25, 0.3) is 11.0 Å². The molecule has 3 aromatic rings.